The average Bonchev–Trinajstić information content (AvgIpc) is 3.72. The molecule has 2 aromatic heterocycles. The summed E-state index contributed by atoms with van der Waals surface area (Å²) >= 11 is 0. The number of imidazole rings is 1. The number of anilines is 2. The SMILES string of the molecule is CCCN(CCc1ccc(NC(=O)c2cc(OC)c(OC)cc2NC(=O)c2cc(=O)c3ccccc3o2)cc1)Cc1ccc(-n2ccnc2)c(OC)c1. The molecule has 0 unspecified atom stereocenters. The quantitative estimate of drug-likeness (QED) is 0.116. The fourth-order valence-electron chi connectivity index (χ4n) is 6.09. The normalized spacial score (nSPS) is 11.0. The Morgan fingerprint density at radius 2 is 1.55 bits per heavy atom. The summed E-state index contributed by atoms with van der Waals surface area (Å²) in [4.78, 5) is 46.2. The number of nitrogens with one attached hydrogen (secondary N) is 2. The van der Waals surface area contributed by atoms with E-state index in [1.165, 1.54) is 26.4 Å². The molecule has 2 amide bonds. The topological polar surface area (TPSA) is 137 Å². The highest BCUT2D eigenvalue weighted by Gasteiger charge is 2.21. The molecule has 6 rings (SSSR count). The van der Waals surface area contributed by atoms with Crippen molar-refractivity contribution in [1.29, 1.82) is 0 Å². The van der Waals surface area contributed by atoms with Gasteiger partial charge in [0.2, 0.25) is 0 Å². The summed E-state index contributed by atoms with van der Waals surface area (Å²) < 4.78 is 24.2. The third-order valence-electron chi connectivity index (χ3n) is 8.78. The summed E-state index contributed by atoms with van der Waals surface area (Å²) in [6.45, 7) is 4.73. The molecule has 0 saturated carbocycles. The van der Waals surface area contributed by atoms with Crippen LogP contribution in [0.3, 0.4) is 0 Å². The molecule has 12 nitrogen and oxygen atoms in total. The van der Waals surface area contributed by atoms with Crippen LogP contribution in [-0.4, -0.2) is 60.7 Å². The van der Waals surface area contributed by atoms with Crippen LogP contribution >= 0.6 is 0 Å². The van der Waals surface area contributed by atoms with Crippen molar-refractivity contribution in [1.82, 2.24) is 14.5 Å². The van der Waals surface area contributed by atoms with Crippen molar-refractivity contribution >= 4 is 34.2 Å². The molecule has 0 bridgehead atoms. The highest BCUT2D eigenvalue weighted by molar-refractivity contribution is 6.12. The molecular formula is C41H41N5O7. The lowest BCUT2D eigenvalue weighted by Crippen LogP contribution is -2.26. The first kappa shape index (κ1) is 36.4. The Hall–Kier alpha value is -6.40. The number of benzene rings is 4. The van der Waals surface area contributed by atoms with Crippen LogP contribution in [0.25, 0.3) is 16.7 Å². The zero-order valence-electron chi connectivity index (χ0n) is 30.0. The molecule has 2 N–H and O–H groups in total. The molecule has 272 valence electrons. The number of amides is 2. The molecule has 0 fully saturated rings. The van der Waals surface area contributed by atoms with Crippen molar-refractivity contribution in [2.75, 3.05) is 45.1 Å². The highest BCUT2D eigenvalue weighted by atomic mass is 16.5. The Balaban J connectivity index is 1.13. The molecule has 0 spiro atoms. The highest BCUT2D eigenvalue weighted by Crippen LogP contribution is 2.34. The summed E-state index contributed by atoms with van der Waals surface area (Å²) in [7, 11) is 4.58. The summed E-state index contributed by atoms with van der Waals surface area (Å²) in [5, 5.41) is 5.98. The lowest BCUT2D eigenvalue weighted by Gasteiger charge is -2.22. The van der Waals surface area contributed by atoms with Crippen LogP contribution in [0.2, 0.25) is 0 Å². The van der Waals surface area contributed by atoms with Crippen molar-refractivity contribution in [2.24, 2.45) is 0 Å². The maximum atomic E-state index is 13.7. The zero-order valence-corrected chi connectivity index (χ0v) is 30.0. The molecule has 4 aromatic carbocycles. The number of carbonyl (C=O) groups excluding carboxylic acids is 2. The summed E-state index contributed by atoms with van der Waals surface area (Å²) in [6.07, 6.45) is 7.22. The Bertz CT molecular complexity index is 2270. The van der Waals surface area contributed by atoms with Gasteiger partial charge in [-0.3, -0.25) is 19.3 Å². The van der Waals surface area contributed by atoms with Crippen molar-refractivity contribution in [3.63, 3.8) is 0 Å². The predicted molar refractivity (Wildman–Crippen MR) is 204 cm³/mol. The number of hydrogen-bond donors (Lipinski definition) is 2. The van der Waals surface area contributed by atoms with Crippen molar-refractivity contribution in [3.05, 3.63) is 136 Å². The van der Waals surface area contributed by atoms with Gasteiger partial charge >= 0.3 is 0 Å². The van der Waals surface area contributed by atoms with Gasteiger partial charge in [0.15, 0.2) is 22.7 Å². The van der Waals surface area contributed by atoms with E-state index in [4.69, 9.17) is 18.6 Å². The van der Waals surface area contributed by atoms with Crippen LogP contribution < -0.4 is 30.3 Å². The molecule has 2 heterocycles. The van der Waals surface area contributed by atoms with Gasteiger partial charge in [0.1, 0.15) is 11.3 Å². The number of nitrogens with zero attached hydrogens (tertiary/aromatic N) is 3. The van der Waals surface area contributed by atoms with E-state index in [-0.39, 0.29) is 28.0 Å². The third kappa shape index (κ3) is 8.57. The first-order valence-corrected chi connectivity index (χ1v) is 17.2. The second kappa shape index (κ2) is 16.7. The number of fused-ring (bicyclic) bond motifs is 1. The van der Waals surface area contributed by atoms with E-state index in [1.807, 2.05) is 35.0 Å². The van der Waals surface area contributed by atoms with E-state index in [9.17, 15) is 14.4 Å². The first-order valence-electron chi connectivity index (χ1n) is 17.2. The van der Waals surface area contributed by atoms with Crippen LogP contribution in [-0.2, 0) is 13.0 Å². The summed E-state index contributed by atoms with van der Waals surface area (Å²) in [6, 6.07) is 24.7. The van der Waals surface area contributed by atoms with Gasteiger partial charge in [-0.15, -0.1) is 0 Å². The molecule has 0 radical (unpaired) electrons. The van der Waals surface area contributed by atoms with Crippen molar-refractivity contribution < 1.29 is 28.2 Å². The molecule has 12 heteroatoms. The van der Waals surface area contributed by atoms with E-state index < -0.39 is 11.8 Å². The predicted octanol–water partition coefficient (Wildman–Crippen LogP) is 6.96. The largest absolute Gasteiger partial charge is 0.495 e. The summed E-state index contributed by atoms with van der Waals surface area (Å²) in [5.41, 5.74) is 3.96. The monoisotopic (exact) mass is 715 g/mol. The van der Waals surface area contributed by atoms with E-state index in [0.29, 0.717) is 22.6 Å². The third-order valence-corrected chi connectivity index (χ3v) is 8.78. The van der Waals surface area contributed by atoms with Crippen LogP contribution in [0, 0.1) is 0 Å². The number of aromatic nitrogens is 2. The van der Waals surface area contributed by atoms with E-state index >= 15 is 0 Å². The number of hydrogen-bond acceptors (Lipinski definition) is 9. The molecule has 0 aliphatic heterocycles. The second-order valence-electron chi connectivity index (χ2n) is 12.3. The Kier molecular flexibility index (Phi) is 11.5. The molecule has 0 aliphatic carbocycles. The van der Waals surface area contributed by atoms with Crippen LogP contribution in [0.5, 0.6) is 17.2 Å². The lowest BCUT2D eigenvalue weighted by molar-refractivity contribution is 0.0997. The molecule has 6 aromatic rings. The summed E-state index contributed by atoms with van der Waals surface area (Å²) in [5.74, 6) is -0.0145. The van der Waals surface area contributed by atoms with Gasteiger partial charge in [-0.05, 0) is 73.0 Å². The second-order valence-corrected chi connectivity index (χ2v) is 12.3. The minimum absolute atomic E-state index is 0.119. The van der Waals surface area contributed by atoms with Gasteiger partial charge < -0.3 is 33.8 Å². The van der Waals surface area contributed by atoms with Crippen LogP contribution in [0.1, 0.15) is 45.4 Å². The van der Waals surface area contributed by atoms with Gasteiger partial charge in [0, 0.05) is 43.3 Å². The molecule has 53 heavy (non-hydrogen) atoms. The molecule has 0 atom stereocenters. The fourth-order valence-corrected chi connectivity index (χ4v) is 6.09. The molecule has 0 aliphatic rings. The zero-order chi connectivity index (χ0) is 37.3. The Morgan fingerprint density at radius 3 is 2.26 bits per heavy atom. The fraction of sp³-hybridized carbons (Fsp3) is 0.220. The van der Waals surface area contributed by atoms with Gasteiger partial charge in [-0.1, -0.05) is 37.3 Å². The average molecular weight is 716 g/mol. The number of rotatable bonds is 15. The van der Waals surface area contributed by atoms with Gasteiger partial charge in [-0.25, -0.2) is 4.98 Å². The van der Waals surface area contributed by atoms with Gasteiger partial charge in [0.25, 0.3) is 11.8 Å². The Labute approximate surface area is 306 Å². The van der Waals surface area contributed by atoms with E-state index in [1.54, 1.807) is 43.9 Å². The maximum absolute atomic E-state index is 13.7. The lowest BCUT2D eigenvalue weighted by atomic mass is 10.1. The van der Waals surface area contributed by atoms with Crippen molar-refractivity contribution in [2.45, 2.75) is 26.3 Å². The van der Waals surface area contributed by atoms with Crippen LogP contribution in [0.15, 0.2) is 113 Å². The minimum Gasteiger partial charge on any atom is -0.495 e. The maximum Gasteiger partial charge on any atom is 0.291 e. The van der Waals surface area contributed by atoms with E-state index in [0.717, 1.165) is 61.1 Å². The van der Waals surface area contributed by atoms with E-state index in [2.05, 4.69) is 45.6 Å². The molecular weight excluding hydrogens is 674 g/mol. The number of ether oxygens (including phenoxy) is 3. The smallest absolute Gasteiger partial charge is 0.291 e. The number of para-hydroxylation sites is 1. The number of methoxy groups -OCH3 is 3. The first-order chi connectivity index (χ1) is 25.8. The minimum atomic E-state index is -0.707. The van der Waals surface area contributed by atoms with Gasteiger partial charge in [0.05, 0.1) is 50.0 Å². The number of carbonyl (C=O) groups is 2. The van der Waals surface area contributed by atoms with Crippen LogP contribution in [0.4, 0.5) is 11.4 Å². The molecule has 0 saturated heterocycles. The standard InChI is InChI=1S/C41H41N5O7/c1-5-18-45(25-28-12-15-33(36(21-28)50-2)46-20-17-42-26-46)19-16-27-10-13-29(14-11-27)43-40(48)31-22-37(51-3)38(52-4)23-32(31)44-41(49)39-24-34(47)30-8-6-7-9-35(30)53-39/h6-15,17,20-24,26H,5,16,18-19,25H2,1-4H3,(H,43,48)(H,44,49). The van der Waals surface area contributed by atoms with Gasteiger partial charge in [-0.2, -0.15) is 0 Å². The Morgan fingerprint density at radius 1 is 0.811 bits per heavy atom. The van der Waals surface area contributed by atoms with Crippen molar-refractivity contribution in [3.8, 4) is 22.9 Å².